The van der Waals surface area contributed by atoms with Crippen LogP contribution in [0.4, 0.5) is 5.13 Å². The third-order valence-electron chi connectivity index (χ3n) is 3.37. The number of carbonyl (C=O) groups excluding carboxylic acids is 1. The van der Waals surface area contributed by atoms with E-state index in [2.05, 4.69) is 15.0 Å². The van der Waals surface area contributed by atoms with Gasteiger partial charge in [-0.15, -0.1) is 11.3 Å². The van der Waals surface area contributed by atoms with Crippen molar-refractivity contribution in [1.82, 2.24) is 9.71 Å². The molecule has 25 heavy (non-hydrogen) atoms. The van der Waals surface area contributed by atoms with Crippen molar-refractivity contribution in [3.8, 4) is 0 Å². The number of nitrogens with zero attached hydrogens (tertiary/aromatic N) is 1. The Morgan fingerprint density at radius 3 is 2.88 bits per heavy atom. The number of carbonyl (C=O) groups is 1. The zero-order valence-corrected chi connectivity index (χ0v) is 15.5. The topological polar surface area (TPSA) is 108 Å². The van der Waals surface area contributed by atoms with Gasteiger partial charge in [-0.2, -0.15) is 0 Å². The van der Waals surface area contributed by atoms with Crippen molar-refractivity contribution in [3.63, 3.8) is 0 Å². The number of sulfonamides is 1. The van der Waals surface area contributed by atoms with Gasteiger partial charge in [-0.25, -0.2) is 18.1 Å². The number of hydrogen-bond donors (Lipinski definition) is 3. The Morgan fingerprint density at radius 2 is 2.12 bits per heavy atom. The Bertz CT molecular complexity index is 1010. The maximum Gasteiger partial charge on any atom is 0.251 e. The monoisotopic (exact) mass is 397 g/mol. The fourth-order valence-electron chi connectivity index (χ4n) is 2.22. The molecule has 0 aliphatic carbocycles. The standard InChI is InChI=1S/C15H15N3O4S3/c1-9(19)18-15-16-7-14(24-15)25(21,22)17-6-12(20)11-8-23-13-5-3-2-4-10(11)13/h2-5,7-8,12,17,20H,6H2,1H3,(H,16,18,19)/t12-/m1/s1. The number of thiophene rings is 1. The second-order valence-electron chi connectivity index (χ2n) is 5.22. The van der Waals surface area contributed by atoms with E-state index >= 15 is 0 Å². The predicted molar refractivity (Wildman–Crippen MR) is 98.4 cm³/mol. The van der Waals surface area contributed by atoms with Crippen molar-refractivity contribution >= 4 is 53.8 Å². The molecule has 3 rings (SSSR count). The molecule has 1 atom stereocenters. The molecule has 0 aliphatic rings. The third-order valence-corrected chi connectivity index (χ3v) is 7.15. The number of fused-ring (bicyclic) bond motifs is 1. The summed E-state index contributed by atoms with van der Waals surface area (Å²) in [5.41, 5.74) is 0.687. The minimum absolute atomic E-state index is 0.0290. The SMILES string of the molecule is CC(=O)Nc1ncc(S(=O)(=O)NC[C@@H](O)c2csc3ccccc23)s1. The lowest BCUT2D eigenvalue weighted by atomic mass is 10.1. The maximum atomic E-state index is 12.3. The van der Waals surface area contributed by atoms with E-state index in [1.807, 2.05) is 29.6 Å². The molecule has 0 saturated carbocycles. The van der Waals surface area contributed by atoms with Crippen LogP contribution in [0, 0.1) is 0 Å². The number of benzene rings is 1. The summed E-state index contributed by atoms with van der Waals surface area (Å²) >= 11 is 2.34. The van der Waals surface area contributed by atoms with Crippen LogP contribution < -0.4 is 10.0 Å². The summed E-state index contributed by atoms with van der Waals surface area (Å²) in [4.78, 5) is 14.8. The lowest BCUT2D eigenvalue weighted by Crippen LogP contribution is -2.27. The summed E-state index contributed by atoms with van der Waals surface area (Å²) < 4.78 is 28.0. The molecule has 1 aromatic carbocycles. The van der Waals surface area contributed by atoms with Crippen molar-refractivity contribution in [2.24, 2.45) is 0 Å². The Balaban J connectivity index is 1.71. The molecular formula is C15H15N3O4S3. The molecule has 0 spiro atoms. The number of nitrogens with one attached hydrogen (secondary N) is 2. The van der Waals surface area contributed by atoms with Crippen LogP contribution in [0.25, 0.3) is 10.1 Å². The van der Waals surface area contributed by atoms with Crippen LogP contribution in [-0.4, -0.2) is 31.0 Å². The average Bonchev–Trinajstić information content (AvgIpc) is 3.19. The number of anilines is 1. The summed E-state index contributed by atoms with van der Waals surface area (Å²) in [5, 5.41) is 15.7. The summed E-state index contributed by atoms with van der Waals surface area (Å²) in [5.74, 6) is -0.328. The van der Waals surface area contributed by atoms with Gasteiger partial charge in [-0.1, -0.05) is 29.5 Å². The van der Waals surface area contributed by atoms with Gasteiger partial charge in [0.15, 0.2) is 9.34 Å². The second kappa shape index (κ2) is 7.18. The Hall–Kier alpha value is -1.85. The van der Waals surface area contributed by atoms with E-state index in [9.17, 15) is 18.3 Å². The molecule has 7 nitrogen and oxygen atoms in total. The third kappa shape index (κ3) is 4.05. The Kier molecular flexibility index (Phi) is 5.16. The van der Waals surface area contributed by atoms with Crippen LogP contribution in [0.1, 0.15) is 18.6 Å². The Morgan fingerprint density at radius 1 is 1.36 bits per heavy atom. The largest absolute Gasteiger partial charge is 0.387 e. The van der Waals surface area contributed by atoms with Gasteiger partial charge in [0, 0.05) is 23.7 Å². The first-order chi connectivity index (χ1) is 11.9. The first-order valence-electron chi connectivity index (χ1n) is 7.24. The zero-order chi connectivity index (χ0) is 18.0. The van der Waals surface area contributed by atoms with E-state index in [-0.39, 0.29) is 21.8 Å². The highest BCUT2D eigenvalue weighted by Crippen LogP contribution is 2.30. The van der Waals surface area contributed by atoms with Crippen LogP contribution in [0.15, 0.2) is 40.1 Å². The number of aliphatic hydroxyl groups excluding tert-OH is 1. The van der Waals surface area contributed by atoms with Gasteiger partial charge >= 0.3 is 0 Å². The Labute approximate surface area is 152 Å². The van der Waals surface area contributed by atoms with Crippen LogP contribution in [0.3, 0.4) is 0 Å². The second-order valence-corrected chi connectivity index (χ2v) is 9.16. The molecule has 0 radical (unpaired) electrons. The number of aromatic nitrogens is 1. The summed E-state index contributed by atoms with van der Waals surface area (Å²) in [6, 6.07) is 7.62. The van der Waals surface area contributed by atoms with Crippen molar-refractivity contribution in [2.75, 3.05) is 11.9 Å². The molecule has 0 unspecified atom stereocenters. The highest BCUT2D eigenvalue weighted by atomic mass is 32.2. The molecule has 10 heteroatoms. The normalized spacial score (nSPS) is 13.0. The van der Waals surface area contributed by atoms with E-state index in [4.69, 9.17) is 0 Å². The smallest absolute Gasteiger partial charge is 0.251 e. The lowest BCUT2D eigenvalue weighted by molar-refractivity contribution is -0.114. The minimum atomic E-state index is -3.82. The number of thiazole rings is 1. The molecular weight excluding hydrogens is 382 g/mol. The molecule has 3 N–H and O–H groups in total. The first-order valence-corrected chi connectivity index (χ1v) is 10.4. The molecule has 3 aromatic rings. The predicted octanol–water partition coefficient (Wildman–Crippen LogP) is 2.33. The number of amides is 1. The summed E-state index contributed by atoms with van der Waals surface area (Å²) in [7, 11) is -3.82. The van der Waals surface area contributed by atoms with E-state index < -0.39 is 16.1 Å². The van der Waals surface area contributed by atoms with Crippen molar-refractivity contribution in [3.05, 3.63) is 41.4 Å². The number of aliphatic hydroxyl groups is 1. The van der Waals surface area contributed by atoms with E-state index in [1.165, 1.54) is 24.5 Å². The molecule has 0 aliphatic heterocycles. The minimum Gasteiger partial charge on any atom is -0.387 e. The van der Waals surface area contributed by atoms with Gasteiger partial charge < -0.3 is 10.4 Å². The van der Waals surface area contributed by atoms with Gasteiger partial charge in [0.05, 0.1) is 12.3 Å². The molecule has 2 aromatic heterocycles. The number of rotatable bonds is 6. The average molecular weight is 398 g/mol. The van der Waals surface area contributed by atoms with E-state index in [0.29, 0.717) is 5.56 Å². The van der Waals surface area contributed by atoms with E-state index in [0.717, 1.165) is 21.4 Å². The molecule has 0 fully saturated rings. The van der Waals surface area contributed by atoms with Crippen LogP contribution in [-0.2, 0) is 14.8 Å². The molecule has 0 bridgehead atoms. The van der Waals surface area contributed by atoms with Gasteiger partial charge in [-0.3, -0.25) is 4.79 Å². The van der Waals surface area contributed by atoms with Crippen LogP contribution in [0.5, 0.6) is 0 Å². The quantitative estimate of drug-likeness (QED) is 0.592. The first kappa shape index (κ1) is 18.0. The van der Waals surface area contributed by atoms with Gasteiger partial charge in [-0.05, 0) is 16.8 Å². The molecule has 1 amide bonds. The highest BCUT2D eigenvalue weighted by Gasteiger charge is 2.21. The summed E-state index contributed by atoms with van der Waals surface area (Å²) in [6.07, 6.45) is 0.207. The number of hydrogen-bond acceptors (Lipinski definition) is 7. The van der Waals surface area contributed by atoms with Gasteiger partial charge in [0.2, 0.25) is 5.91 Å². The van der Waals surface area contributed by atoms with Crippen LogP contribution in [0.2, 0.25) is 0 Å². The van der Waals surface area contributed by atoms with Gasteiger partial charge in [0.25, 0.3) is 10.0 Å². The lowest BCUT2D eigenvalue weighted by Gasteiger charge is -2.11. The molecule has 132 valence electrons. The summed E-state index contributed by atoms with van der Waals surface area (Å²) in [6.45, 7) is 1.16. The zero-order valence-electron chi connectivity index (χ0n) is 13.1. The van der Waals surface area contributed by atoms with Crippen LogP contribution >= 0.6 is 22.7 Å². The molecule has 0 saturated heterocycles. The van der Waals surface area contributed by atoms with Gasteiger partial charge in [0.1, 0.15) is 0 Å². The molecule has 2 heterocycles. The highest BCUT2D eigenvalue weighted by molar-refractivity contribution is 7.91. The van der Waals surface area contributed by atoms with E-state index in [1.54, 1.807) is 0 Å². The van der Waals surface area contributed by atoms with Crippen molar-refractivity contribution in [2.45, 2.75) is 17.2 Å². The van der Waals surface area contributed by atoms with Crippen molar-refractivity contribution in [1.29, 1.82) is 0 Å². The maximum absolute atomic E-state index is 12.3. The fraction of sp³-hybridized carbons (Fsp3) is 0.200. The van der Waals surface area contributed by atoms with Crippen molar-refractivity contribution < 1.29 is 18.3 Å². The fourth-order valence-corrected chi connectivity index (χ4v) is 5.39.